The van der Waals surface area contributed by atoms with Gasteiger partial charge in [0.1, 0.15) is 5.69 Å². The molecule has 0 atom stereocenters. The van der Waals surface area contributed by atoms with Crippen LogP contribution in [0.25, 0.3) is 0 Å². The lowest BCUT2D eigenvalue weighted by atomic mass is 10.2. The minimum atomic E-state index is 0.727. The number of rotatable bonds is 15. The summed E-state index contributed by atoms with van der Waals surface area (Å²) in [6, 6.07) is 8.53. The fourth-order valence-electron chi connectivity index (χ4n) is 3.55. The molecule has 30 heavy (non-hydrogen) atoms. The van der Waals surface area contributed by atoms with Crippen molar-refractivity contribution in [2.75, 3.05) is 24.5 Å². The molecule has 2 N–H and O–H groups in total. The summed E-state index contributed by atoms with van der Waals surface area (Å²) in [7, 11) is 2.00. The van der Waals surface area contributed by atoms with E-state index < -0.39 is 0 Å². The third-order valence-corrected chi connectivity index (χ3v) is 5.43. The van der Waals surface area contributed by atoms with Gasteiger partial charge in [-0.15, -0.1) is 0 Å². The smallest absolute Gasteiger partial charge is 0.372 e. The van der Waals surface area contributed by atoms with Gasteiger partial charge in [-0.25, -0.2) is 9.13 Å². The first-order valence-corrected chi connectivity index (χ1v) is 11.7. The minimum Gasteiger partial charge on any atom is -0.372 e. The molecular formula is C24H41N6+. The second kappa shape index (κ2) is 13.9. The Labute approximate surface area is 182 Å². The van der Waals surface area contributed by atoms with Gasteiger partial charge in [-0.1, -0.05) is 44.6 Å². The van der Waals surface area contributed by atoms with E-state index in [0.29, 0.717) is 0 Å². The molecule has 166 valence electrons. The number of hydrogen-bond donors (Lipinski definition) is 1. The summed E-state index contributed by atoms with van der Waals surface area (Å²) >= 11 is 0. The number of nitrogens with zero attached hydrogens (tertiary/aromatic N) is 5. The molecule has 0 aliphatic carbocycles. The summed E-state index contributed by atoms with van der Waals surface area (Å²) in [5.41, 5.74) is 7.79. The largest absolute Gasteiger partial charge is 0.421 e. The second-order valence-corrected chi connectivity index (χ2v) is 8.02. The molecule has 0 bridgehead atoms. The van der Waals surface area contributed by atoms with E-state index in [1.54, 1.807) is 0 Å². The topological polar surface area (TPSA) is 62.8 Å². The molecule has 2 aromatic rings. The van der Waals surface area contributed by atoms with Crippen molar-refractivity contribution in [1.29, 1.82) is 0 Å². The first kappa shape index (κ1) is 24.1. The molecule has 1 heterocycles. The van der Waals surface area contributed by atoms with Crippen LogP contribution in [0.4, 0.5) is 17.3 Å². The van der Waals surface area contributed by atoms with Crippen LogP contribution >= 0.6 is 0 Å². The van der Waals surface area contributed by atoms with Gasteiger partial charge >= 0.3 is 5.95 Å². The van der Waals surface area contributed by atoms with Gasteiger partial charge < -0.3 is 10.6 Å². The number of unbranched alkanes of at least 4 members (excludes halogenated alkanes) is 5. The van der Waals surface area contributed by atoms with E-state index in [0.717, 1.165) is 50.7 Å². The predicted octanol–water partition coefficient (Wildman–Crippen LogP) is 5.65. The Morgan fingerprint density at radius 1 is 0.900 bits per heavy atom. The highest BCUT2D eigenvalue weighted by Gasteiger charge is 2.14. The molecule has 0 saturated heterocycles. The number of anilines is 1. The molecule has 0 unspecified atom stereocenters. The van der Waals surface area contributed by atoms with Crippen LogP contribution in [-0.2, 0) is 13.6 Å². The van der Waals surface area contributed by atoms with Crippen LogP contribution in [0.1, 0.15) is 65.2 Å². The summed E-state index contributed by atoms with van der Waals surface area (Å²) in [5, 5.41) is 9.01. The van der Waals surface area contributed by atoms with Crippen LogP contribution < -0.4 is 15.2 Å². The SMILES string of the molecule is CCCCCN(CCCCC)c1ccc(/N=N/c2n(C)cc[n+]2CCCCN)cc1. The summed E-state index contributed by atoms with van der Waals surface area (Å²) in [5.74, 6) is 0.858. The molecule has 1 aromatic heterocycles. The molecule has 0 fully saturated rings. The maximum absolute atomic E-state index is 5.61. The Kier molecular flexibility index (Phi) is 11.2. The quantitative estimate of drug-likeness (QED) is 0.233. The summed E-state index contributed by atoms with van der Waals surface area (Å²) in [6.07, 6.45) is 13.7. The molecule has 0 radical (unpaired) electrons. The number of azo groups is 1. The van der Waals surface area contributed by atoms with Gasteiger partial charge in [0, 0.05) is 23.9 Å². The number of hydrogen-bond acceptors (Lipinski definition) is 4. The van der Waals surface area contributed by atoms with Crippen LogP contribution in [0.3, 0.4) is 0 Å². The standard InChI is InChI=1S/C24H41N6/c1-4-6-9-17-29(18-10-7-5-2)23-14-12-22(13-15-23)26-27-24-28(3)20-21-30(24)19-11-8-16-25/h12-15,20-21H,4-11,16-19,25H2,1-3H3/q+1. The van der Waals surface area contributed by atoms with Gasteiger partial charge in [0.15, 0.2) is 0 Å². The number of nitrogens with two attached hydrogens (primary N) is 1. The summed E-state index contributed by atoms with van der Waals surface area (Å²) in [4.78, 5) is 2.52. The molecule has 0 saturated carbocycles. The van der Waals surface area contributed by atoms with E-state index in [1.807, 2.05) is 17.8 Å². The van der Waals surface area contributed by atoms with Crippen molar-refractivity contribution < 1.29 is 4.57 Å². The molecule has 0 amide bonds. The van der Waals surface area contributed by atoms with Crippen molar-refractivity contribution in [2.24, 2.45) is 23.0 Å². The van der Waals surface area contributed by atoms with Gasteiger partial charge in [0.2, 0.25) is 0 Å². The fraction of sp³-hybridized carbons (Fsp3) is 0.625. The Morgan fingerprint density at radius 3 is 2.17 bits per heavy atom. The number of imidazole rings is 1. The molecule has 0 aliphatic rings. The Morgan fingerprint density at radius 2 is 1.57 bits per heavy atom. The van der Waals surface area contributed by atoms with Crippen molar-refractivity contribution in [3.63, 3.8) is 0 Å². The van der Waals surface area contributed by atoms with Gasteiger partial charge in [0.05, 0.1) is 26.0 Å². The Balaban J connectivity index is 2.03. The maximum atomic E-state index is 5.61. The van der Waals surface area contributed by atoms with Crippen molar-refractivity contribution in [1.82, 2.24) is 4.57 Å². The Hall–Kier alpha value is -2.21. The lowest BCUT2D eigenvalue weighted by molar-refractivity contribution is -0.684. The highest BCUT2D eigenvalue weighted by Crippen LogP contribution is 2.22. The van der Waals surface area contributed by atoms with Crippen LogP contribution in [-0.4, -0.2) is 24.2 Å². The fourth-order valence-corrected chi connectivity index (χ4v) is 3.55. The molecule has 0 spiro atoms. The Bertz CT molecular complexity index is 725. The normalized spacial score (nSPS) is 11.5. The average Bonchev–Trinajstić information content (AvgIpc) is 3.11. The molecule has 0 aliphatic heterocycles. The molecule has 6 heteroatoms. The average molecular weight is 414 g/mol. The van der Waals surface area contributed by atoms with Crippen molar-refractivity contribution in [3.05, 3.63) is 36.7 Å². The van der Waals surface area contributed by atoms with Gasteiger partial charge in [0.25, 0.3) is 0 Å². The second-order valence-electron chi connectivity index (χ2n) is 8.02. The molecule has 1 aromatic carbocycles. The predicted molar refractivity (Wildman–Crippen MR) is 126 cm³/mol. The maximum Gasteiger partial charge on any atom is 0.421 e. The summed E-state index contributed by atoms with van der Waals surface area (Å²) in [6.45, 7) is 8.42. The number of aromatic nitrogens is 2. The highest BCUT2D eigenvalue weighted by atomic mass is 15.3. The third-order valence-electron chi connectivity index (χ3n) is 5.43. The number of aryl methyl sites for hydroxylation is 2. The zero-order chi connectivity index (χ0) is 21.6. The summed E-state index contributed by atoms with van der Waals surface area (Å²) < 4.78 is 4.14. The van der Waals surface area contributed by atoms with Crippen LogP contribution in [0.15, 0.2) is 46.9 Å². The van der Waals surface area contributed by atoms with Crippen LogP contribution in [0.2, 0.25) is 0 Å². The lowest BCUT2D eigenvalue weighted by Crippen LogP contribution is -2.32. The van der Waals surface area contributed by atoms with Crippen LogP contribution in [0, 0.1) is 0 Å². The van der Waals surface area contributed by atoms with Gasteiger partial charge in [-0.3, -0.25) is 0 Å². The van der Waals surface area contributed by atoms with Crippen molar-refractivity contribution in [2.45, 2.75) is 71.8 Å². The first-order chi connectivity index (χ1) is 14.7. The van der Waals surface area contributed by atoms with E-state index in [1.165, 1.54) is 44.2 Å². The van der Waals surface area contributed by atoms with E-state index in [9.17, 15) is 0 Å². The van der Waals surface area contributed by atoms with Gasteiger partial charge in [-0.2, -0.15) is 0 Å². The zero-order valence-corrected chi connectivity index (χ0v) is 19.3. The van der Waals surface area contributed by atoms with E-state index >= 15 is 0 Å². The highest BCUT2D eigenvalue weighted by molar-refractivity contribution is 5.52. The van der Waals surface area contributed by atoms with E-state index in [-0.39, 0.29) is 0 Å². The van der Waals surface area contributed by atoms with Crippen LogP contribution in [0.5, 0.6) is 0 Å². The van der Waals surface area contributed by atoms with E-state index in [2.05, 4.69) is 64.0 Å². The van der Waals surface area contributed by atoms with Gasteiger partial charge in [-0.05, 0) is 56.5 Å². The van der Waals surface area contributed by atoms with Crippen molar-refractivity contribution >= 4 is 17.3 Å². The lowest BCUT2D eigenvalue weighted by Gasteiger charge is -2.25. The molecular weight excluding hydrogens is 372 g/mol. The molecule has 6 nitrogen and oxygen atoms in total. The van der Waals surface area contributed by atoms with Crippen molar-refractivity contribution in [3.8, 4) is 0 Å². The number of benzene rings is 1. The van der Waals surface area contributed by atoms with E-state index in [4.69, 9.17) is 5.73 Å². The molecule has 2 rings (SSSR count). The third kappa shape index (κ3) is 7.90. The zero-order valence-electron chi connectivity index (χ0n) is 19.3. The monoisotopic (exact) mass is 413 g/mol. The first-order valence-electron chi connectivity index (χ1n) is 11.7. The minimum absolute atomic E-state index is 0.727.